The van der Waals surface area contributed by atoms with Crippen LogP contribution in [-0.2, 0) is 0 Å². The van der Waals surface area contributed by atoms with Gasteiger partial charge in [-0.3, -0.25) is 0 Å². The van der Waals surface area contributed by atoms with Crippen LogP contribution in [0.1, 0.15) is 0 Å². The molecule has 0 bridgehead atoms. The third kappa shape index (κ3) is 2.47. The van der Waals surface area contributed by atoms with E-state index in [1.807, 2.05) is 4.93 Å². The fourth-order valence-corrected chi connectivity index (χ4v) is 0. The summed E-state index contributed by atoms with van der Waals surface area (Å²) in [4.78, 5) is 1.93. The van der Waals surface area contributed by atoms with Crippen LogP contribution in [0.3, 0.4) is 0 Å². The summed E-state index contributed by atoms with van der Waals surface area (Å²) in [6, 6.07) is 0. The first kappa shape index (κ1) is 2.69. The maximum atomic E-state index is 6.86. The van der Waals surface area contributed by atoms with Crippen molar-refractivity contribution in [3.05, 3.63) is 10.7 Å². The van der Waals surface area contributed by atoms with Gasteiger partial charge in [-0.25, -0.2) is 0 Å². The average Bonchev–Trinajstić information content (AvgIpc) is 1.38. The molecule has 0 spiro atoms. The fraction of sp³-hybridized carbons (Fsp3) is 0.333. The van der Waals surface area contributed by atoms with Crippen LogP contribution in [0.4, 0.5) is 0 Å². The van der Waals surface area contributed by atoms with Crippen molar-refractivity contribution in [3.8, 4) is 0 Å². The molecule has 0 aromatic carbocycles. The zero-order chi connectivity index (χ0) is 4.28. The van der Waals surface area contributed by atoms with E-state index in [4.69, 9.17) is 0.594 Å². The Morgan fingerprint density at radius 3 is 2.75 bits per heavy atom. The normalized spacial score (nSPS) is 13.2. The topological polar surface area (TPSA) is 0 Å². The molecule has 0 saturated carbocycles. The van der Waals surface area contributed by atoms with Crippen molar-refractivity contribution >= 4 is 21.0 Å². The summed E-state index contributed by atoms with van der Waals surface area (Å²) in [6.45, 7) is 3.44. The standard InChI is InChI=1S/C3H7I/c1-3-4-2/h3-4H,1H2,2H3/i4T. The predicted octanol–water partition coefficient (Wildman–Crippen LogP) is 1.46. The van der Waals surface area contributed by atoms with Gasteiger partial charge in [0, 0.05) is 0 Å². The molecule has 0 aromatic heterocycles. The summed E-state index contributed by atoms with van der Waals surface area (Å²) >= 11 is -1.27. The molecule has 0 nitrogen and oxygen atoms in total. The van der Waals surface area contributed by atoms with Crippen LogP contribution in [0.15, 0.2) is 10.7 Å². The summed E-state index contributed by atoms with van der Waals surface area (Å²) in [6.07, 6.45) is 0. The second-order valence-electron chi connectivity index (χ2n) is 0.373. The Morgan fingerprint density at radius 1 is 2.50 bits per heavy atom. The summed E-state index contributed by atoms with van der Waals surface area (Å²) in [7, 11) is 0. The maximum absolute atomic E-state index is 6.86. The zero-order valence-electron chi connectivity index (χ0n) is 3.66. The van der Waals surface area contributed by atoms with Crippen LogP contribution < -0.4 is 0 Å². The fourth-order valence-electron chi connectivity index (χ4n) is 0. The van der Waals surface area contributed by atoms with Gasteiger partial charge in [-0.15, -0.1) is 0 Å². The van der Waals surface area contributed by atoms with Gasteiger partial charge < -0.3 is 0 Å². The van der Waals surface area contributed by atoms with Crippen LogP contribution in [0, 0.1) is 0 Å². The first-order valence-corrected chi connectivity index (χ1v) is 4.41. The molecular weight excluding hydrogens is 163 g/mol. The number of halogens is 1. The van der Waals surface area contributed by atoms with Crippen molar-refractivity contribution in [3.63, 3.8) is 0 Å². The molecule has 0 heterocycles. The number of hydrogen-bond donors (Lipinski definition) is 0. The SMILES string of the molecule is [3H]I(C)C=C. The minimum absolute atomic E-state index is 1.27. The van der Waals surface area contributed by atoms with E-state index >= 15 is 0 Å². The van der Waals surface area contributed by atoms with Gasteiger partial charge in [0.2, 0.25) is 0 Å². The van der Waals surface area contributed by atoms with Gasteiger partial charge in [-0.2, -0.15) is 0 Å². The van der Waals surface area contributed by atoms with E-state index < -0.39 is 21.0 Å². The summed E-state index contributed by atoms with van der Waals surface area (Å²) in [5.41, 5.74) is 0. The Kier molecular flexibility index (Phi) is 2.34. The van der Waals surface area contributed by atoms with Gasteiger partial charge in [0.25, 0.3) is 0 Å². The molecule has 0 amide bonds. The number of hydrogen-bond acceptors (Lipinski definition) is 0. The average molecular weight is 172 g/mol. The number of alkyl halides is 1. The second-order valence-corrected chi connectivity index (χ2v) is 2.50. The van der Waals surface area contributed by atoms with E-state index in [9.17, 15) is 0 Å². The quantitative estimate of drug-likeness (QED) is 0.415. The van der Waals surface area contributed by atoms with Gasteiger partial charge in [0.1, 0.15) is 0 Å². The Balaban J connectivity index is 2.83. The van der Waals surface area contributed by atoms with Gasteiger partial charge in [-0.1, -0.05) is 0 Å². The molecule has 0 aliphatic carbocycles. The van der Waals surface area contributed by atoms with Crippen LogP contribution in [-0.4, -0.2) is 5.52 Å². The Labute approximate surface area is 37.6 Å². The summed E-state index contributed by atoms with van der Waals surface area (Å²) < 4.78 is 8.60. The molecule has 1 heteroatoms. The van der Waals surface area contributed by atoms with Crippen LogP contribution in [0.25, 0.3) is 0 Å². The second kappa shape index (κ2) is 3.47. The molecular formula is C3H7I. The van der Waals surface area contributed by atoms with Crippen molar-refractivity contribution in [2.45, 2.75) is 0 Å². The molecule has 0 aromatic rings. The molecule has 0 unspecified atom stereocenters. The van der Waals surface area contributed by atoms with Gasteiger partial charge >= 0.3 is 37.2 Å². The van der Waals surface area contributed by atoms with Gasteiger partial charge in [-0.05, 0) is 0 Å². The minimum atomic E-state index is -1.27. The number of rotatable bonds is 1. The summed E-state index contributed by atoms with van der Waals surface area (Å²) in [5.74, 6) is 0. The first-order chi connectivity index (χ1) is 2.27. The third-order valence-corrected chi connectivity index (χ3v) is 1.04. The first-order valence-electron chi connectivity index (χ1n) is 1.38. The monoisotopic (exact) mass is 172 g/mol. The molecule has 0 atom stereocenters. The molecule has 4 heavy (non-hydrogen) atoms. The van der Waals surface area contributed by atoms with Gasteiger partial charge in [0.15, 0.2) is 0 Å². The van der Waals surface area contributed by atoms with E-state index in [1.54, 1.807) is 4.08 Å². The van der Waals surface area contributed by atoms with E-state index in [1.165, 1.54) is 0 Å². The van der Waals surface area contributed by atoms with Crippen LogP contribution in [0.5, 0.6) is 0 Å². The molecule has 0 aliphatic rings. The molecule has 0 N–H and O–H groups in total. The Morgan fingerprint density at radius 2 is 2.75 bits per heavy atom. The molecule has 0 radical (unpaired) electrons. The zero-order valence-corrected chi connectivity index (χ0v) is 4.82. The Hall–Kier alpha value is 0.470. The van der Waals surface area contributed by atoms with E-state index in [2.05, 4.69) is 6.58 Å². The molecule has 0 rings (SSSR count). The molecule has 26 valence electrons. The molecule has 0 saturated heterocycles. The van der Waals surface area contributed by atoms with E-state index in [0.717, 1.165) is 0 Å². The van der Waals surface area contributed by atoms with E-state index in [-0.39, 0.29) is 0 Å². The Bertz CT molecular complexity index is 33.9. The van der Waals surface area contributed by atoms with Crippen LogP contribution >= 0.6 is 21.0 Å². The predicted molar refractivity (Wildman–Crippen MR) is 31.5 cm³/mol. The van der Waals surface area contributed by atoms with E-state index in [0.29, 0.717) is 0 Å². The van der Waals surface area contributed by atoms with Crippen molar-refractivity contribution in [1.82, 2.24) is 0 Å². The van der Waals surface area contributed by atoms with Crippen molar-refractivity contribution < 1.29 is 0 Å². The van der Waals surface area contributed by atoms with Crippen molar-refractivity contribution in [2.75, 3.05) is 4.93 Å². The third-order valence-electron chi connectivity index (χ3n) is 0.154. The molecule has 0 fully saturated rings. The molecule has 0 aliphatic heterocycles. The van der Waals surface area contributed by atoms with Crippen LogP contribution in [0.2, 0.25) is 0 Å². The summed E-state index contributed by atoms with van der Waals surface area (Å²) in [5, 5.41) is 0. The van der Waals surface area contributed by atoms with Crippen molar-refractivity contribution in [1.29, 1.82) is 0.594 Å². The van der Waals surface area contributed by atoms with Gasteiger partial charge in [0.05, 0.1) is 0 Å². The van der Waals surface area contributed by atoms with Crippen molar-refractivity contribution in [2.24, 2.45) is 0 Å².